The summed E-state index contributed by atoms with van der Waals surface area (Å²) in [4.78, 5) is 25.0. The Bertz CT molecular complexity index is 816. The standard InChI is InChI=1S/C23H30N2O3S/c1-5-17-11-10-12-18(6-2)22(17)25-23(27)16(4)29-15-21(26)24-19-13-8-9-14-20(19)28-7-3/h8-14,16H,5-7,15H2,1-4H3,(H,24,26)(H,25,27). The molecule has 2 aromatic rings. The molecule has 0 radical (unpaired) electrons. The minimum absolute atomic E-state index is 0.0897. The second-order valence-corrected chi connectivity index (χ2v) is 7.91. The molecule has 2 N–H and O–H groups in total. The van der Waals surface area contributed by atoms with Crippen molar-refractivity contribution >= 4 is 35.0 Å². The van der Waals surface area contributed by atoms with E-state index in [2.05, 4.69) is 24.5 Å². The van der Waals surface area contributed by atoms with Crippen molar-refractivity contribution in [2.24, 2.45) is 0 Å². The Morgan fingerprint density at radius 3 is 2.24 bits per heavy atom. The molecule has 0 heterocycles. The van der Waals surface area contributed by atoms with Crippen LogP contribution < -0.4 is 15.4 Å². The van der Waals surface area contributed by atoms with E-state index in [1.807, 2.05) is 50.2 Å². The number of amides is 2. The third-order valence-corrected chi connectivity index (χ3v) is 5.68. The number of hydrogen-bond acceptors (Lipinski definition) is 4. The van der Waals surface area contributed by atoms with Crippen molar-refractivity contribution in [3.05, 3.63) is 53.6 Å². The van der Waals surface area contributed by atoms with Gasteiger partial charge >= 0.3 is 0 Å². The van der Waals surface area contributed by atoms with Gasteiger partial charge in [-0.3, -0.25) is 9.59 Å². The summed E-state index contributed by atoms with van der Waals surface area (Å²) in [5.74, 6) is 0.575. The van der Waals surface area contributed by atoms with Crippen LogP contribution in [0.3, 0.4) is 0 Å². The minimum Gasteiger partial charge on any atom is -0.492 e. The maximum Gasteiger partial charge on any atom is 0.237 e. The maximum absolute atomic E-state index is 12.7. The van der Waals surface area contributed by atoms with E-state index < -0.39 is 0 Å². The first-order valence-corrected chi connectivity index (χ1v) is 11.1. The van der Waals surface area contributed by atoms with E-state index in [1.165, 1.54) is 11.8 Å². The summed E-state index contributed by atoms with van der Waals surface area (Å²) in [7, 11) is 0. The Kier molecular flexibility index (Phi) is 9.06. The van der Waals surface area contributed by atoms with Crippen molar-refractivity contribution in [3.8, 4) is 5.75 Å². The minimum atomic E-state index is -0.350. The van der Waals surface area contributed by atoms with Crippen LogP contribution >= 0.6 is 11.8 Å². The molecule has 0 aliphatic rings. The predicted octanol–water partition coefficient (Wildman–Crippen LogP) is 4.91. The molecule has 0 spiro atoms. The molecule has 5 nitrogen and oxygen atoms in total. The fourth-order valence-corrected chi connectivity index (χ4v) is 3.63. The summed E-state index contributed by atoms with van der Waals surface area (Å²) in [6.07, 6.45) is 1.71. The van der Waals surface area contributed by atoms with E-state index in [0.29, 0.717) is 18.0 Å². The Hall–Kier alpha value is -2.47. The van der Waals surface area contributed by atoms with Gasteiger partial charge in [-0.25, -0.2) is 0 Å². The van der Waals surface area contributed by atoms with Crippen molar-refractivity contribution in [3.63, 3.8) is 0 Å². The number of benzene rings is 2. The first kappa shape index (κ1) is 22.8. The fraction of sp³-hybridized carbons (Fsp3) is 0.391. The van der Waals surface area contributed by atoms with Crippen LogP contribution in [-0.2, 0) is 22.4 Å². The van der Waals surface area contributed by atoms with Crippen LogP contribution in [0.2, 0.25) is 0 Å². The number of ether oxygens (including phenoxy) is 1. The number of thioether (sulfide) groups is 1. The van der Waals surface area contributed by atoms with Crippen LogP contribution in [0.1, 0.15) is 38.8 Å². The Morgan fingerprint density at radius 1 is 0.966 bits per heavy atom. The van der Waals surface area contributed by atoms with Gasteiger partial charge in [-0.15, -0.1) is 11.8 Å². The molecule has 1 unspecified atom stereocenters. The van der Waals surface area contributed by atoms with Crippen molar-refractivity contribution < 1.29 is 14.3 Å². The molecule has 0 fully saturated rings. The van der Waals surface area contributed by atoms with Gasteiger partial charge in [0.2, 0.25) is 11.8 Å². The fourth-order valence-electron chi connectivity index (χ4n) is 2.94. The van der Waals surface area contributed by atoms with Crippen LogP contribution in [0.15, 0.2) is 42.5 Å². The molecule has 0 aliphatic heterocycles. The highest BCUT2D eigenvalue weighted by molar-refractivity contribution is 8.01. The Labute approximate surface area is 177 Å². The first-order chi connectivity index (χ1) is 14.0. The van der Waals surface area contributed by atoms with Gasteiger partial charge in [-0.05, 0) is 49.9 Å². The molecule has 6 heteroatoms. The van der Waals surface area contributed by atoms with Crippen molar-refractivity contribution in [2.45, 2.75) is 45.8 Å². The molecular weight excluding hydrogens is 384 g/mol. The van der Waals surface area contributed by atoms with Gasteiger partial charge in [0.05, 0.1) is 23.3 Å². The third kappa shape index (κ3) is 6.53. The van der Waals surface area contributed by atoms with E-state index in [9.17, 15) is 9.59 Å². The van der Waals surface area contributed by atoms with E-state index in [4.69, 9.17) is 4.74 Å². The van der Waals surface area contributed by atoms with E-state index in [-0.39, 0.29) is 22.8 Å². The van der Waals surface area contributed by atoms with Crippen LogP contribution in [-0.4, -0.2) is 29.4 Å². The molecular formula is C23H30N2O3S. The molecule has 29 heavy (non-hydrogen) atoms. The molecule has 0 bridgehead atoms. The lowest BCUT2D eigenvalue weighted by Crippen LogP contribution is -2.26. The molecule has 156 valence electrons. The third-order valence-electron chi connectivity index (χ3n) is 4.54. The van der Waals surface area contributed by atoms with Gasteiger partial charge < -0.3 is 15.4 Å². The highest BCUT2D eigenvalue weighted by atomic mass is 32.2. The van der Waals surface area contributed by atoms with Crippen molar-refractivity contribution in [1.29, 1.82) is 0 Å². The Balaban J connectivity index is 1.93. The van der Waals surface area contributed by atoms with Gasteiger partial charge in [0, 0.05) is 5.69 Å². The zero-order chi connectivity index (χ0) is 21.2. The molecule has 0 aromatic heterocycles. The molecule has 2 aromatic carbocycles. The number of aryl methyl sites for hydroxylation is 2. The second kappa shape index (κ2) is 11.5. The lowest BCUT2D eigenvalue weighted by atomic mass is 10.0. The van der Waals surface area contributed by atoms with E-state index >= 15 is 0 Å². The SMILES string of the molecule is CCOc1ccccc1NC(=O)CSC(C)C(=O)Nc1c(CC)cccc1CC. The molecule has 2 rings (SSSR count). The van der Waals surface area contributed by atoms with Gasteiger partial charge in [0.1, 0.15) is 5.75 Å². The Morgan fingerprint density at radius 2 is 1.62 bits per heavy atom. The van der Waals surface area contributed by atoms with E-state index in [0.717, 1.165) is 29.7 Å². The van der Waals surface area contributed by atoms with Crippen LogP contribution in [0, 0.1) is 0 Å². The van der Waals surface area contributed by atoms with Crippen molar-refractivity contribution in [1.82, 2.24) is 0 Å². The van der Waals surface area contributed by atoms with Gasteiger partial charge in [-0.1, -0.05) is 44.2 Å². The van der Waals surface area contributed by atoms with Crippen LogP contribution in [0.5, 0.6) is 5.75 Å². The summed E-state index contributed by atoms with van der Waals surface area (Å²) in [5.41, 5.74) is 3.80. The lowest BCUT2D eigenvalue weighted by molar-refractivity contribution is -0.115. The average Bonchev–Trinajstić information content (AvgIpc) is 2.73. The van der Waals surface area contributed by atoms with Crippen molar-refractivity contribution in [2.75, 3.05) is 23.0 Å². The zero-order valence-corrected chi connectivity index (χ0v) is 18.4. The number of nitrogens with one attached hydrogen (secondary N) is 2. The topological polar surface area (TPSA) is 67.4 Å². The van der Waals surface area contributed by atoms with E-state index in [1.54, 1.807) is 6.07 Å². The summed E-state index contributed by atoms with van der Waals surface area (Å²) in [6, 6.07) is 13.4. The number of rotatable bonds is 10. The lowest BCUT2D eigenvalue weighted by Gasteiger charge is -2.17. The molecule has 0 saturated carbocycles. The second-order valence-electron chi connectivity index (χ2n) is 6.58. The smallest absolute Gasteiger partial charge is 0.237 e. The largest absolute Gasteiger partial charge is 0.492 e. The monoisotopic (exact) mass is 414 g/mol. The average molecular weight is 415 g/mol. The van der Waals surface area contributed by atoms with Crippen LogP contribution in [0.25, 0.3) is 0 Å². The number of anilines is 2. The quantitative estimate of drug-likeness (QED) is 0.580. The zero-order valence-electron chi connectivity index (χ0n) is 17.6. The predicted molar refractivity (Wildman–Crippen MR) is 122 cm³/mol. The molecule has 0 aliphatic carbocycles. The molecule has 0 saturated heterocycles. The number of hydrogen-bond donors (Lipinski definition) is 2. The van der Waals surface area contributed by atoms with Gasteiger partial charge in [-0.2, -0.15) is 0 Å². The highest BCUT2D eigenvalue weighted by Crippen LogP contribution is 2.25. The van der Waals surface area contributed by atoms with Gasteiger partial charge in [0.15, 0.2) is 0 Å². The summed E-state index contributed by atoms with van der Waals surface area (Å²) in [6.45, 7) is 8.40. The molecule has 2 amide bonds. The maximum atomic E-state index is 12.7. The summed E-state index contributed by atoms with van der Waals surface area (Å²) in [5, 5.41) is 5.58. The van der Waals surface area contributed by atoms with Crippen LogP contribution in [0.4, 0.5) is 11.4 Å². The molecule has 1 atom stereocenters. The summed E-state index contributed by atoms with van der Waals surface area (Å²) >= 11 is 1.31. The number of para-hydroxylation sites is 3. The summed E-state index contributed by atoms with van der Waals surface area (Å²) < 4.78 is 5.53. The first-order valence-electron chi connectivity index (χ1n) is 10.0. The number of carbonyl (C=O) groups excluding carboxylic acids is 2. The normalized spacial score (nSPS) is 11.6. The van der Waals surface area contributed by atoms with Gasteiger partial charge in [0.25, 0.3) is 0 Å². The number of carbonyl (C=O) groups is 2. The highest BCUT2D eigenvalue weighted by Gasteiger charge is 2.18.